The van der Waals surface area contributed by atoms with E-state index in [1.165, 1.54) is 11.1 Å². The molecule has 0 N–H and O–H groups in total. The summed E-state index contributed by atoms with van der Waals surface area (Å²) in [6.45, 7) is 4.13. The first-order valence-electron chi connectivity index (χ1n) is 9.00. The minimum atomic E-state index is -0.805. The van der Waals surface area contributed by atoms with Gasteiger partial charge >= 0.3 is 0 Å². The molecule has 0 radical (unpaired) electrons. The molecule has 0 aliphatic carbocycles. The Balaban J connectivity index is 2.27. The van der Waals surface area contributed by atoms with Crippen molar-refractivity contribution in [3.63, 3.8) is 0 Å². The van der Waals surface area contributed by atoms with Crippen LogP contribution in [0.25, 0.3) is 0 Å². The third-order valence-corrected chi connectivity index (χ3v) is 4.72. The first-order chi connectivity index (χ1) is 12.0. The maximum atomic E-state index is 3.61. The van der Waals surface area contributed by atoms with Crippen molar-refractivity contribution in [2.24, 2.45) is 0 Å². The van der Waals surface area contributed by atoms with Crippen LogP contribution in [0.1, 0.15) is 30.9 Å². The van der Waals surface area contributed by atoms with E-state index in [2.05, 4.69) is 102 Å². The van der Waals surface area contributed by atoms with Crippen molar-refractivity contribution in [2.75, 3.05) is 18.8 Å². The van der Waals surface area contributed by atoms with Gasteiger partial charge in [-0.25, -0.2) is 0 Å². The predicted octanol–water partition coefficient (Wildman–Crippen LogP) is 5.51. The zero-order valence-electron chi connectivity index (χ0n) is 16.0. The molecule has 0 aliphatic rings. The zero-order chi connectivity index (χ0) is 18.1. The van der Waals surface area contributed by atoms with Gasteiger partial charge in [0, 0.05) is 13.1 Å². The van der Waals surface area contributed by atoms with E-state index < -0.39 is 10.0 Å². The van der Waals surface area contributed by atoms with Gasteiger partial charge in [-0.15, -0.1) is 0 Å². The summed E-state index contributed by atoms with van der Waals surface area (Å²) < 4.78 is 0. The highest BCUT2D eigenvalue weighted by atomic mass is 32.3. The van der Waals surface area contributed by atoms with Crippen molar-refractivity contribution in [2.45, 2.75) is 38.9 Å². The van der Waals surface area contributed by atoms with Crippen LogP contribution in [0.2, 0.25) is 0 Å². The van der Waals surface area contributed by atoms with Crippen molar-refractivity contribution < 1.29 is 0 Å². The second kappa shape index (κ2) is 9.70. The lowest BCUT2D eigenvalue weighted by Crippen LogP contribution is -2.33. The molecule has 25 heavy (non-hydrogen) atoms. The Morgan fingerprint density at radius 1 is 0.840 bits per heavy atom. The van der Waals surface area contributed by atoms with Gasteiger partial charge in [0.05, 0.1) is 6.04 Å². The molecule has 0 aromatic heterocycles. The highest BCUT2D eigenvalue weighted by Crippen LogP contribution is 2.32. The molecular formula is C23H31NS. The minimum absolute atomic E-state index is 0.303. The molecule has 2 aromatic rings. The molecule has 0 heterocycles. The largest absolute Gasteiger partial charge is 0.281 e. The van der Waals surface area contributed by atoms with Gasteiger partial charge in [0.2, 0.25) is 0 Å². The average molecular weight is 354 g/mol. The van der Waals surface area contributed by atoms with E-state index in [9.17, 15) is 0 Å². The molecule has 0 spiro atoms. The van der Waals surface area contributed by atoms with Gasteiger partial charge in [-0.2, -0.15) is 10.0 Å². The summed E-state index contributed by atoms with van der Waals surface area (Å²) in [5, 5.41) is 3.55. The SMILES string of the molecule is CCC[C@H](C#CS(C)(C)C)N(Cc1ccccc1)Cc1ccccc1. The van der Waals surface area contributed by atoms with E-state index >= 15 is 0 Å². The van der Waals surface area contributed by atoms with Crippen molar-refractivity contribution in [3.05, 3.63) is 71.8 Å². The summed E-state index contributed by atoms with van der Waals surface area (Å²) >= 11 is 0. The van der Waals surface area contributed by atoms with Gasteiger partial charge in [0.25, 0.3) is 0 Å². The molecular weight excluding hydrogens is 322 g/mol. The normalized spacial score (nSPS) is 13.2. The fourth-order valence-corrected chi connectivity index (χ4v) is 3.27. The second-order valence-electron chi connectivity index (χ2n) is 7.26. The van der Waals surface area contributed by atoms with Crippen LogP contribution in [0.3, 0.4) is 0 Å². The van der Waals surface area contributed by atoms with Crippen LogP contribution in [-0.4, -0.2) is 29.7 Å². The van der Waals surface area contributed by atoms with Gasteiger partial charge < -0.3 is 0 Å². The Bertz CT molecular complexity index is 635. The number of hydrogen-bond donors (Lipinski definition) is 0. The van der Waals surface area contributed by atoms with E-state index in [1.54, 1.807) is 0 Å². The summed E-state index contributed by atoms with van der Waals surface area (Å²) in [7, 11) is -0.805. The van der Waals surface area contributed by atoms with E-state index in [1.807, 2.05) is 0 Å². The Morgan fingerprint density at radius 3 is 1.72 bits per heavy atom. The molecule has 0 fully saturated rings. The van der Waals surface area contributed by atoms with Gasteiger partial charge in [-0.05, 0) is 36.3 Å². The standard InChI is InChI=1S/C23H31NS/c1-5-12-23(17-18-25(2,3)4)24(19-21-13-8-6-9-14-21)20-22-15-10-7-11-16-22/h6-11,13-16,23H,5,12,19-20H2,1-4H3/t23-/m1/s1. The third kappa shape index (κ3) is 7.38. The van der Waals surface area contributed by atoms with Crippen molar-refractivity contribution in [1.29, 1.82) is 0 Å². The highest BCUT2D eigenvalue weighted by Gasteiger charge is 2.17. The predicted molar refractivity (Wildman–Crippen MR) is 114 cm³/mol. The average Bonchev–Trinajstić information content (AvgIpc) is 2.59. The van der Waals surface area contributed by atoms with Crippen LogP contribution in [0.5, 0.6) is 0 Å². The lowest BCUT2D eigenvalue weighted by atomic mass is 10.1. The summed E-state index contributed by atoms with van der Waals surface area (Å²) in [5.74, 6) is 3.61. The molecule has 0 saturated heterocycles. The second-order valence-corrected chi connectivity index (χ2v) is 11.1. The number of rotatable bonds is 7. The van der Waals surface area contributed by atoms with Crippen molar-refractivity contribution >= 4 is 10.0 Å². The molecule has 1 nitrogen and oxygen atoms in total. The molecule has 0 saturated carbocycles. The Hall–Kier alpha value is -1.69. The third-order valence-electron chi connectivity index (χ3n) is 3.99. The van der Waals surface area contributed by atoms with E-state index in [0.717, 1.165) is 25.9 Å². The van der Waals surface area contributed by atoms with Crippen LogP contribution >= 0.6 is 10.0 Å². The van der Waals surface area contributed by atoms with E-state index in [0.29, 0.717) is 6.04 Å². The fourth-order valence-electron chi connectivity index (χ4n) is 2.78. The number of benzene rings is 2. The quantitative estimate of drug-likeness (QED) is 0.593. The molecule has 0 bridgehead atoms. The van der Waals surface area contributed by atoms with E-state index in [-0.39, 0.29) is 0 Å². The molecule has 0 amide bonds. The monoisotopic (exact) mass is 353 g/mol. The van der Waals surface area contributed by atoms with Crippen LogP contribution in [-0.2, 0) is 13.1 Å². The summed E-state index contributed by atoms with van der Waals surface area (Å²) in [5.41, 5.74) is 2.70. The van der Waals surface area contributed by atoms with Crippen molar-refractivity contribution in [1.82, 2.24) is 4.90 Å². The maximum absolute atomic E-state index is 3.61. The molecule has 2 aromatic carbocycles. The summed E-state index contributed by atoms with van der Waals surface area (Å²) in [6, 6.07) is 21.8. The van der Waals surface area contributed by atoms with Crippen LogP contribution in [0.15, 0.2) is 60.7 Å². The highest BCUT2D eigenvalue weighted by molar-refractivity contribution is 8.35. The topological polar surface area (TPSA) is 3.24 Å². The lowest BCUT2D eigenvalue weighted by molar-refractivity contribution is 0.208. The van der Waals surface area contributed by atoms with Gasteiger partial charge in [-0.3, -0.25) is 4.90 Å². The summed E-state index contributed by atoms with van der Waals surface area (Å²) in [6.07, 6.45) is 9.06. The maximum Gasteiger partial charge on any atom is 0.0728 e. The molecule has 2 heteroatoms. The Labute approximate surface area is 155 Å². The molecule has 0 aliphatic heterocycles. The van der Waals surface area contributed by atoms with Gasteiger partial charge in [0.1, 0.15) is 0 Å². The smallest absolute Gasteiger partial charge is 0.0728 e. The fraction of sp³-hybridized carbons (Fsp3) is 0.391. The molecule has 0 unspecified atom stereocenters. The van der Waals surface area contributed by atoms with Gasteiger partial charge in [-0.1, -0.05) is 85.2 Å². The van der Waals surface area contributed by atoms with Gasteiger partial charge in [0.15, 0.2) is 0 Å². The minimum Gasteiger partial charge on any atom is -0.281 e. The summed E-state index contributed by atoms with van der Waals surface area (Å²) in [4.78, 5) is 2.53. The number of nitrogens with zero attached hydrogens (tertiary/aromatic N) is 1. The van der Waals surface area contributed by atoms with Crippen LogP contribution in [0.4, 0.5) is 0 Å². The first kappa shape index (κ1) is 19.6. The molecule has 2 rings (SSSR count). The van der Waals surface area contributed by atoms with Crippen molar-refractivity contribution in [3.8, 4) is 11.2 Å². The molecule has 134 valence electrons. The molecule has 1 atom stereocenters. The Morgan fingerprint density at radius 2 is 1.32 bits per heavy atom. The van der Waals surface area contributed by atoms with Crippen LogP contribution < -0.4 is 0 Å². The van der Waals surface area contributed by atoms with Crippen LogP contribution in [0, 0.1) is 11.2 Å². The lowest BCUT2D eigenvalue weighted by Gasteiger charge is -2.29. The zero-order valence-corrected chi connectivity index (χ0v) is 16.9. The number of hydrogen-bond acceptors (Lipinski definition) is 1. The Kier molecular flexibility index (Phi) is 7.62. The first-order valence-corrected chi connectivity index (χ1v) is 11.9. The van der Waals surface area contributed by atoms with E-state index in [4.69, 9.17) is 0 Å².